The van der Waals surface area contributed by atoms with Crippen molar-refractivity contribution in [2.45, 2.75) is 13.3 Å². The van der Waals surface area contributed by atoms with Crippen LogP contribution in [0.15, 0.2) is 54.7 Å². The number of nitro benzene ring substituents is 1. The second-order valence-corrected chi connectivity index (χ2v) is 7.09. The SMILES string of the molecule is CCc1ccc(C(=O)N2CCN(c3ccc4ncccc4c3[N+](=O)[O-])CC2)cc1. The van der Waals surface area contributed by atoms with Gasteiger partial charge in [-0.2, -0.15) is 0 Å². The molecule has 2 heterocycles. The van der Waals surface area contributed by atoms with Crippen molar-refractivity contribution < 1.29 is 9.72 Å². The number of benzene rings is 2. The molecule has 1 amide bonds. The predicted octanol–water partition coefficient (Wildman–Crippen LogP) is 3.67. The molecular weight excluding hydrogens is 368 g/mol. The van der Waals surface area contributed by atoms with Crippen molar-refractivity contribution in [1.29, 1.82) is 0 Å². The van der Waals surface area contributed by atoms with Crippen molar-refractivity contribution in [2.24, 2.45) is 0 Å². The Morgan fingerprint density at radius 1 is 1.07 bits per heavy atom. The van der Waals surface area contributed by atoms with E-state index in [1.807, 2.05) is 40.1 Å². The molecule has 0 atom stereocenters. The molecule has 1 aromatic heterocycles. The number of carbonyl (C=O) groups excluding carboxylic acids is 1. The van der Waals surface area contributed by atoms with Gasteiger partial charge < -0.3 is 9.80 Å². The summed E-state index contributed by atoms with van der Waals surface area (Å²) < 4.78 is 0. The number of aromatic nitrogens is 1. The molecule has 29 heavy (non-hydrogen) atoms. The Morgan fingerprint density at radius 2 is 1.79 bits per heavy atom. The van der Waals surface area contributed by atoms with Crippen LogP contribution in [-0.2, 0) is 6.42 Å². The highest BCUT2D eigenvalue weighted by atomic mass is 16.6. The van der Waals surface area contributed by atoms with Crippen LogP contribution < -0.4 is 4.90 Å². The largest absolute Gasteiger partial charge is 0.362 e. The number of carbonyl (C=O) groups is 1. The first kappa shape index (κ1) is 18.9. The topological polar surface area (TPSA) is 79.6 Å². The van der Waals surface area contributed by atoms with E-state index in [2.05, 4.69) is 11.9 Å². The van der Waals surface area contributed by atoms with E-state index in [1.54, 1.807) is 24.4 Å². The number of amides is 1. The first-order chi connectivity index (χ1) is 14.1. The minimum atomic E-state index is -0.341. The van der Waals surface area contributed by atoms with Crippen molar-refractivity contribution in [3.8, 4) is 0 Å². The molecule has 0 N–H and O–H groups in total. The van der Waals surface area contributed by atoms with Gasteiger partial charge in [-0.3, -0.25) is 19.9 Å². The van der Waals surface area contributed by atoms with E-state index in [9.17, 15) is 14.9 Å². The van der Waals surface area contributed by atoms with Gasteiger partial charge in [0.1, 0.15) is 5.69 Å². The monoisotopic (exact) mass is 390 g/mol. The fraction of sp³-hybridized carbons (Fsp3) is 0.273. The van der Waals surface area contributed by atoms with Crippen LogP contribution in [0.5, 0.6) is 0 Å². The molecule has 7 nitrogen and oxygen atoms in total. The van der Waals surface area contributed by atoms with Gasteiger partial charge in [-0.1, -0.05) is 19.1 Å². The molecule has 0 saturated carbocycles. The van der Waals surface area contributed by atoms with Crippen molar-refractivity contribution in [2.75, 3.05) is 31.1 Å². The van der Waals surface area contributed by atoms with E-state index in [1.165, 1.54) is 5.56 Å². The average Bonchev–Trinajstić information content (AvgIpc) is 2.78. The van der Waals surface area contributed by atoms with Crippen LogP contribution in [0.4, 0.5) is 11.4 Å². The molecule has 2 aromatic carbocycles. The van der Waals surface area contributed by atoms with Crippen molar-refractivity contribution in [3.63, 3.8) is 0 Å². The van der Waals surface area contributed by atoms with Crippen LogP contribution in [0.2, 0.25) is 0 Å². The van der Waals surface area contributed by atoms with Crippen LogP contribution in [0, 0.1) is 10.1 Å². The zero-order chi connectivity index (χ0) is 20.4. The molecule has 1 aliphatic heterocycles. The Labute approximate surface area is 168 Å². The summed E-state index contributed by atoms with van der Waals surface area (Å²) in [5.41, 5.74) is 3.13. The Hall–Kier alpha value is -3.48. The second-order valence-electron chi connectivity index (χ2n) is 7.09. The molecule has 3 aromatic rings. The Morgan fingerprint density at radius 3 is 2.45 bits per heavy atom. The number of hydrogen-bond donors (Lipinski definition) is 0. The van der Waals surface area contributed by atoms with Gasteiger partial charge in [0.15, 0.2) is 0 Å². The van der Waals surface area contributed by atoms with Crippen molar-refractivity contribution in [1.82, 2.24) is 9.88 Å². The number of nitro groups is 1. The minimum absolute atomic E-state index is 0.00418. The van der Waals surface area contributed by atoms with Gasteiger partial charge in [-0.05, 0) is 48.4 Å². The summed E-state index contributed by atoms with van der Waals surface area (Å²) in [6, 6.07) is 14.7. The molecule has 0 aliphatic carbocycles. The number of piperazine rings is 1. The number of aryl methyl sites for hydroxylation is 1. The van der Waals surface area contributed by atoms with Gasteiger partial charge in [0.25, 0.3) is 5.91 Å². The summed E-state index contributed by atoms with van der Waals surface area (Å²) in [7, 11) is 0. The van der Waals surface area contributed by atoms with Gasteiger partial charge in [-0.25, -0.2) is 0 Å². The standard InChI is InChI=1S/C22H22N4O3/c1-2-16-5-7-17(8-6-16)22(27)25-14-12-24(13-15-25)20-10-9-19-18(4-3-11-23-19)21(20)26(28)29/h3-11H,2,12-15H2,1H3. The van der Waals surface area contributed by atoms with Gasteiger partial charge in [0.05, 0.1) is 15.8 Å². The second kappa shape index (κ2) is 7.87. The summed E-state index contributed by atoms with van der Waals surface area (Å²) in [4.78, 5) is 32.2. The molecule has 7 heteroatoms. The van der Waals surface area contributed by atoms with Crippen molar-refractivity contribution >= 4 is 28.2 Å². The molecule has 4 rings (SSSR count). The van der Waals surface area contributed by atoms with Gasteiger partial charge in [-0.15, -0.1) is 0 Å². The van der Waals surface area contributed by atoms with Crippen LogP contribution in [-0.4, -0.2) is 46.9 Å². The molecule has 1 fully saturated rings. The van der Waals surface area contributed by atoms with Crippen LogP contribution in [0.1, 0.15) is 22.8 Å². The molecule has 148 valence electrons. The van der Waals surface area contributed by atoms with E-state index in [4.69, 9.17) is 0 Å². The Balaban J connectivity index is 1.53. The van der Waals surface area contributed by atoms with Crippen LogP contribution in [0.3, 0.4) is 0 Å². The first-order valence-electron chi connectivity index (χ1n) is 9.73. The van der Waals surface area contributed by atoms with Gasteiger partial charge >= 0.3 is 5.69 Å². The molecule has 0 unspecified atom stereocenters. The zero-order valence-electron chi connectivity index (χ0n) is 16.2. The maximum Gasteiger partial charge on any atom is 0.301 e. The quantitative estimate of drug-likeness (QED) is 0.502. The maximum atomic E-state index is 12.8. The summed E-state index contributed by atoms with van der Waals surface area (Å²) >= 11 is 0. The number of hydrogen-bond acceptors (Lipinski definition) is 5. The molecule has 1 aliphatic rings. The fourth-order valence-corrected chi connectivity index (χ4v) is 3.79. The number of pyridine rings is 1. The third-order valence-corrected chi connectivity index (χ3v) is 5.43. The molecule has 0 spiro atoms. The molecular formula is C22H22N4O3. The predicted molar refractivity (Wildman–Crippen MR) is 112 cm³/mol. The molecule has 1 saturated heterocycles. The molecule has 0 bridgehead atoms. The number of rotatable bonds is 4. The highest BCUT2D eigenvalue weighted by Gasteiger charge is 2.28. The van der Waals surface area contributed by atoms with Gasteiger partial charge in [0.2, 0.25) is 0 Å². The summed E-state index contributed by atoms with van der Waals surface area (Å²) in [6.45, 7) is 4.22. The minimum Gasteiger partial charge on any atom is -0.362 e. The number of nitrogens with zero attached hydrogens (tertiary/aromatic N) is 4. The molecule has 0 radical (unpaired) electrons. The lowest BCUT2D eigenvalue weighted by molar-refractivity contribution is -0.382. The smallest absolute Gasteiger partial charge is 0.301 e. The Bertz CT molecular complexity index is 1060. The highest BCUT2D eigenvalue weighted by Crippen LogP contribution is 2.35. The van der Waals surface area contributed by atoms with Crippen LogP contribution in [0.25, 0.3) is 10.9 Å². The summed E-state index contributed by atoms with van der Waals surface area (Å²) in [5, 5.41) is 12.3. The van der Waals surface area contributed by atoms with Crippen molar-refractivity contribution in [3.05, 3.63) is 76.0 Å². The first-order valence-corrected chi connectivity index (χ1v) is 9.73. The average molecular weight is 390 g/mol. The van der Waals surface area contributed by atoms with E-state index in [0.717, 1.165) is 6.42 Å². The third-order valence-electron chi connectivity index (χ3n) is 5.43. The lowest BCUT2D eigenvalue weighted by Crippen LogP contribution is -2.49. The van der Waals surface area contributed by atoms with E-state index in [0.29, 0.717) is 48.3 Å². The number of fused-ring (bicyclic) bond motifs is 1. The normalized spacial score (nSPS) is 14.2. The van der Waals surface area contributed by atoms with E-state index in [-0.39, 0.29) is 16.5 Å². The fourth-order valence-electron chi connectivity index (χ4n) is 3.79. The summed E-state index contributed by atoms with van der Waals surface area (Å²) in [6.07, 6.45) is 2.57. The summed E-state index contributed by atoms with van der Waals surface area (Å²) in [5.74, 6) is 0.00418. The zero-order valence-corrected chi connectivity index (χ0v) is 16.2. The van der Waals surface area contributed by atoms with E-state index >= 15 is 0 Å². The Kier molecular flexibility index (Phi) is 5.12. The lowest BCUT2D eigenvalue weighted by atomic mass is 10.1. The maximum absolute atomic E-state index is 12.8. The van der Waals surface area contributed by atoms with Crippen LogP contribution >= 0.6 is 0 Å². The highest BCUT2D eigenvalue weighted by molar-refractivity contribution is 5.95. The number of anilines is 1. The third kappa shape index (κ3) is 3.63. The van der Waals surface area contributed by atoms with E-state index < -0.39 is 0 Å². The lowest BCUT2D eigenvalue weighted by Gasteiger charge is -2.36. The van der Waals surface area contributed by atoms with Gasteiger partial charge in [0, 0.05) is 37.9 Å².